The van der Waals surface area contributed by atoms with Gasteiger partial charge >= 0.3 is 0 Å². The highest BCUT2D eigenvalue weighted by molar-refractivity contribution is 7.99. The normalized spacial score (nSPS) is 9.95. The summed E-state index contributed by atoms with van der Waals surface area (Å²) in [4.78, 5) is 17.1. The molecule has 0 aliphatic rings. The lowest BCUT2D eigenvalue weighted by atomic mass is 10.2. The molecule has 1 aromatic carbocycles. The molecule has 2 aromatic rings. The van der Waals surface area contributed by atoms with E-state index in [1.165, 1.54) is 4.90 Å². The second-order valence-electron chi connectivity index (χ2n) is 4.39. The van der Waals surface area contributed by atoms with Crippen molar-refractivity contribution in [2.24, 2.45) is 0 Å². The van der Waals surface area contributed by atoms with Crippen LogP contribution in [0.15, 0.2) is 53.7 Å². The molecule has 0 aliphatic carbocycles. The van der Waals surface area contributed by atoms with Crippen molar-refractivity contribution in [2.45, 2.75) is 24.0 Å². The van der Waals surface area contributed by atoms with E-state index in [9.17, 15) is 4.79 Å². The Morgan fingerprint density at radius 2 is 1.90 bits per heavy atom. The number of aromatic nitrogens is 1. The molecule has 0 fully saturated rings. The maximum Gasteiger partial charge on any atom is 0.257 e. The van der Waals surface area contributed by atoms with E-state index in [2.05, 4.69) is 24.1 Å². The Hall–Kier alpha value is -1.52. The molecule has 0 spiro atoms. The van der Waals surface area contributed by atoms with E-state index >= 15 is 0 Å². The number of hydrogen-bond donors (Lipinski definition) is 1. The van der Waals surface area contributed by atoms with Crippen molar-refractivity contribution in [3.63, 3.8) is 0 Å². The van der Waals surface area contributed by atoms with E-state index in [-0.39, 0.29) is 18.3 Å². The topological polar surface area (TPSA) is 42.0 Å². The number of anilines is 1. The van der Waals surface area contributed by atoms with Crippen LogP contribution in [0.4, 0.5) is 5.69 Å². The first-order valence-electron chi connectivity index (χ1n) is 6.13. The molecule has 20 heavy (non-hydrogen) atoms. The van der Waals surface area contributed by atoms with Crippen molar-refractivity contribution in [1.82, 2.24) is 4.98 Å². The summed E-state index contributed by atoms with van der Waals surface area (Å²) in [5.74, 6) is -0.141. The predicted octanol–water partition coefficient (Wildman–Crippen LogP) is 4.26. The Balaban J connectivity index is 0.00000200. The second-order valence-corrected chi connectivity index (χ2v) is 6.04. The van der Waals surface area contributed by atoms with Crippen LogP contribution in [-0.4, -0.2) is 16.1 Å². The van der Waals surface area contributed by atoms with Gasteiger partial charge in [0.15, 0.2) is 0 Å². The van der Waals surface area contributed by atoms with Crippen LogP contribution < -0.4 is 5.32 Å². The summed E-state index contributed by atoms with van der Waals surface area (Å²) in [6.07, 6.45) is 3.20. The van der Waals surface area contributed by atoms with Gasteiger partial charge in [-0.15, -0.1) is 24.2 Å². The maximum atomic E-state index is 11.9. The quantitative estimate of drug-likeness (QED) is 0.858. The van der Waals surface area contributed by atoms with Crippen LogP contribution in [0.1, 0.15) is 24.2 Å². The fraction of sp³-hybridized carbons (Fsp3) is 0.200. The first-order valence-corrected chi connectivity index (χ1v) is 7.01. The van der Waals surface area contributed by atoms with E-state index < -0.39 is 0 Å². The Kier molecular flexibility index (Phi) is 6.55. The van der Waals surface area contributed by atoms with Gasteiger partial charge in [0.25, 0.3) is 5.91 Å². The molecule has 0 saturated carbocycles. The number of carbonyl (C=O) groups is 1. The highest BCUT2D eigenvalue weighted by Crippen LogP contribution is 2.24. The molecule has 0 atom stereocenters. The molecule has 0 bridgehead atoms. The van der Waals surface area contributed by atoms with Gasteiger partial charge in [-0.2, -0.15) is 0 Å². The summed E-state index contributed by atoms with van der Waals surface area (Å²) in [5, 5.41) is 3.40. The van der Waals surface area contributed by atoms with Crippen molar-refractivity contribution < 1.29 is 4.79 Å². The van der Waals surface area contributed by atoms with Crippen molar-refractivity contribution in [3.05, 3.63) is 54.4 Å². The molecule has 1 heterocycles. The zero-order chi connectivity index (χ0) is 13.7. The van der Waals surface area contributed by atoms with Crippen LogP contribution >= 0.6 is 24.2 Å². The molecule has 0 saturated heterocycles. The van der Waals surface area contributed by atoms with Gasteiger partial charge in [0, 0.05) is 28.2 Å². The molecule has 1 amide bonds. The van der Waals surface area contributed by atoms with Crippen LogP contribution in [0, 0.1) is 0 Å². The van der Waals surface area contributed by atoms with Gasteiger partial charge in [-0.3, -0.25) is 9.78 Å². The number of amides is 1. The van der Waals surface area contributed by atoms with E-state index in [0.717, 1.165) is 5.69 Å². The molecule has 2 rings (SSSR count). The van der Waals surface area contributed by atoms with Gasteiger partial charge in [-0.25, -0.2) is 0 Å². The molecule has 106 valence electrons. The third-order valence-corrected chi connectivity index (χ3v) is 3.42. The first-order chi connectivity index (χ1) is 9.15. The van der Waals surface area contributed by atoms with Crippen LogP contribution in [-0.2, 0) is 0 Å². The fourth-order valence-corrected chi connectivity index (χ4v) is 2.43. The lowest BCUT2D eigenvalue weighted by molar-refractivity contribution is 0.102. The van der Waals surface area contributed by atoms with E-state index in [1.807, 2.05) is 24.3 Å². The van der Waals surface area contributed by atoms with Gasteiger partial charge < -0.3 is 5.32 Å². The summed E-state index contributed by atoms with van der Waals surface area (Å²) in [6, 6.07) is 11.4. The van der Waals surface area contributed by atoms with Crippen LogP contribution in [0.5, 0.6) is 0 Å². The zero-order valence-corrected chi connectivity index (χ0v) is 13.0. The third-order valence-electron chi connectivity index (χ3n) is 2.41. The minimum Gasteiger partial charge on any atom is -0.322 e. The Morgan fingerprint density at radius 1 is 1.20 bits per heavy atom. The monoisotopic (exact) mass is 308 g/mol. The lowest BCUT2D eigenvalue weighted by Gasteiger charge is -2.07. The standard InChI is InChI=1S/C15H16N2OS.ClH/c1-11(2)19-14-7-5-13(6-8-14)17-15(18)12-4-3-9-16-10-12;/h3-11H,1-2H3,(H,17,18);1H. The van der Waals surface area contributed by atoms with Gasteiger partial charge in [0.1, 0.15) is 0 Å². The number of benzene rings is 1. The second kappa shape index (κ2) is 7.92. The lowest BCUT2D eigenvalue weighted by Crippen LogP contribution is -2.11. The number of pyridine rings is 1. The van der Waals surface area contributed by atoms with Crippen LogP contribution in [0.2, 0.25) is 0 Å². The van der Waals surface area contributed by atoms with Gasteiger partial charge in [0.2, 0.25) is 0 Å². The summed E-state index contributed by atoms with van der Waals surface area (Å²) in [6.45, 7) is 4.31. The maximum absolute atomic E-state index is 11.9. The Labute approximate surface area is 129 Å². The van der Waals surface area contributed by atoms with Crippen molar-refractivity contribution in [3.8, 4) is 0 Å². The highest BCUT2D eigenvalue weighted by atomic mass is 35.5. The SMILES string of the molecule is CC(C)Sc1ccc(NC(=O)c2cccnc2)cc1.Cl. The number of rotatable bonds is 4. The first kappa shape index (κ1) is 16.5. The number of halogens is 1. The third kappa shape index (κ3) is 4.87. The average molecular weight is 309 g/mol. The summed E-state index contributed by atoms with van der Waals surface area (Å²) >= 11 is 1.80. The van der Waals surface area contributed by atoms with Crippen LogP contribution in [0.3, 0.4) is 0 Å². The van der Waals surface area contributed by atoms with E-state index in [4.69, 9.17) is 0 Å². The number of hydrogen-bond acceptors (Lipinski definition) is 3. The molecule has 1 N–H and O–H groups in total. The van der Waals surface area contributed by atoms with E-state index in [1.54, 1.807) is 36.3 Å². The summed E-state index contributed by atoms with van der Waals surface area (Å²) in [5.41, 5.74) is 1.35. The summed E-state index contributed by atoms with van der Waals surface area (Å²) in [7, 11) is 0. The highest BCUT2D eigenvalue weighted by Gasteiger charge is 2.05. The summed E-state index contributed by atoms with van der Waals surface area (Å²) < 4.78 is 0. The molecule has 5 heteroatoms. The largest absolute Gasteiger partial charge is 0.322 e. The van der Waals surface area contributed by atoms with E-state index in [0.29, 0.717) is 10.8 Å². The van der Waals surface area contributed by atoms with Gasteiger partial charge in [-0.1, -0.05) is 13.8 Å². The molecule has 1 aromatic heterocycles. The minimum atomic E-state index is -0.141. The predicted molar refractivity (Wildman–Crippen MR) is 86.9 cm³/mol. The van der Waals surface area contributed by atoms with Gasteiger partial charge in [-0.05, 0) is 36.4 Å². The van der Waals surface area contributed by atoms with Crippen molar-refractivity contribution >= 4 is 35.8 Å². The molecular formula is C15H17ClN2OS. The van der Waals surface area contributed by atoms with Crippen molar-refractivity contribution in [1.29, 1.82) is 0 Å². The van der Waals surface area contributed by atoms with Crippen molar-refractivity contribution in [2.75, 3.05) is 5.32 Å². The smallest absolute Gasteiger partial charge is 0.257 e. The molecule has 0 radical (unpaired) electrons. The fourth-order valence-electron chi connectivity index (χ4n) is 1.59. The Morgan fingerprint density at radius 3 is 2.45 bits per heavy atom. The molecule has 0 unspecified atom stereocenters. The Bertz CT molecular complexity index is 544. The average Bonchev–Trinajstić information content (AvgIpc) is 2.41. The number of nitrogens with one attached hydrogen (secondary N) is 1. The molecule has 0 aliphatic heterocycles. The van der Waals surface area contributed by atoms with Crippen LogP contribution in [0.25, 0.3) is 0 Å². The number of nitrogens with zero attached hydrogens (tertiary/aromatic N) is 1. The molecular weight excluding hydrogens is 292 g/mol. The number of carbonyl (C=O) groups excluding carboxylic acids is 1. The molecule has 3 nitrogen and oxygen atoms in total. The van der Waals surface area contributed by atoms with Gasteiger partial charge in [0.05, 0.1) is 5.56 Å². The number of thioether (sulfide) groups is 1. The minimum absolute atomic E-state index is 0. The zero-order valence-electron chi connectivity index (χ0n) is 11.4.